The van der Waals surface area contributed by atoms with Crippen molar-refractivity contribution >= 4 is 33.1 Å². The second kappa shape index (κ2) is 6.15. The van der Waals surface area contributed by atoms with Crippen LogP contribution in [0.4, 0.5) is 5.69 Å². The number of aryl methyl sites for hydroxylation is 1. The van der Waals surface area contributed by atoms with Crippen molar-refractivity contribution in [1.29, 1.82) is 0 Å². The molecule has 3 aromatic rings. The molecule has 1 amide bonds. The van der Waals surface area contributed by atoms with Crippen molar-refractivity contribution in [3.63, 3.8) is 0 Å². The Bertz CT molecular complexity index is 879. The smallest absolute Gasteiger partial charge is 0.308 e. The number of benzene rings is 2. The first-order chi connectivity index (χ1) is 10.7. The van der Waals surface area contributed by atoms with E-state index in [0.29, 0.717) is 0 Å². The first-order valence-electron chi connectivity index (χ1n) is 7.14. The summed E-state index contributed by atoms with van der Waals surface area (Å²) in [5.74, 6) is -0.195. The quantitative estimate of drug-likeness (QED) is 0.804. The van der Waals surface area contributed by atoms with Crippen molar-refractivity contribution in [1.82, 2.24) is 4.57 Å². The number of carbonyl (C=O) groups excluding carboxylic acids is 1. The summed E-state index contributed by atoms with van der Waals surface area (Å²) in [5, 5.41) is 2.85. The summed E-state index contributed by atoms with van der Waals surface area (Å²) >= 11 is 1.16. The van der Waals surface area contributed by atoms with E-state index >= 15 is 0 Å². The molecule has 1 N–H and O–H groups in total. The van der Waals surface area contributed by atoms with Gasteiger partial charge in [0, 0.05) is 5.69 Å². The van der Waals surface area contributed by atoms with Crippen molar-refractivity contribution in [3.8, 4) is 0 Å². The minimum Gasteiger partial charge on any atom is -0.325 e. The zero-order chi connectivity index (χ0) is 15.5. The summed E-state index contributed by atoms with van der Waals surface area (Å²) < 4.78 is 2.41. The number of anilines is 1. The van der Waals surface area contributed by atoms with Gasteiger partial charge in [-0.2, -0.15) is 0 Å². The zero-order valence-electron chi connectivity index (χ0n) is 12.2. The number of aromatic nitrogens is 1. The molecule has 3 rings (SSSR count). The van der Waals surface area contributed by atoms with Crippen LogP contribution in [0.2, 0.25) is 0 Å². The van der Waals surface area contributed by atoms with Crippen LogP contribution in [0.25, 0.3) is 10.2 Å². The summed E-state index contributed by atoms with van der Waals surface area (Å²) in [6, 6.07) is 15.2. The number of para-hydroxylation sites is 1. The molecule has 22 heavy (non-hydrogen) atoms. The maximum atomic E-state index is 12.2. The van der Waals surface area contributed by atoms with Crippen molar-refractivity contribution in [2.45, 2.75) is 19.9 Å². The van der Waals surface area contributed by atoms with Gasteiger partial charge in [0.05, 0.1) is 10.2 Å². The van der Waals surface area contributed by atoms with Gasteiger partial charge < -0.3 is 5.32 Å². The van der Waals surface area contributed by atoms with Crippen LogP contribution >= 0.6 is 11.3 Å². The molecule has 0 aliphatic carbocycles. The van der Waals surface area contributed by atoms with E-state index in [1.807, 2.05) is 48.5 Å². The molecule has 0 saturated heterocycles. The molecule has 4 nitrogen and oxygen atoms in total. The van der Waals surface area contributed by atoms with E-state index in [1.54, 1.807) is 0 Å². The predicted molar refractivity (Wildman–Crippen MR) is 90.5 cm³/mol. The average Bonchev–Trinajstić information content (AvgIpc) is 2.83. The van der Waals surface area contributed by atoms with E-state index in [9.17, 15) is 9.59 Å². The fourth-order valence-corrected chi connectivity index (χ4v) is 3.27. The zero-order valence-corrected chi connectivity index (χ0v) is 13.0. The van der Waals surface area contributed by atoms with Crippen LogP contribution in [0, 0.1) is 0 Å². The highest BCUT2D eigenvalue weighted by atomic mass is 32.1. The van der Waals surface area contributed by atoms with Crippen LogP contribution in [0.15, 0.2) is 53.3 Å². The third kappa shape index (κ3) is 2.94. The van der Waals surface area contributed by atoms with Gasteiger partial charge in [0.15, 0.2) is 0 Å². The number of carbonyl (C=O) groups is 1. The summed E-state index contributed by atoms with van der Waals surface area (Å²) in [4.78, 5) is 24.1. The number of thiazole rings is 1. The van der Waals surface area contributed by atoms with E-state index in [4.69, 9.17) is 0 Å². The van der Waals surface area contributed by atoms with Crippen molar-refractivity contribution < 1.29 is 4.79 Å². The molecule has 0 unspecified atom stereocenters. The van der Waals surface area contributed by atoms with E-state index in [-0.39, 0.29) is 17.3 Å². The fourth-order valence-electron chi connectivity index (χ4n) is 2.38. The molecular formula is C17H16N2O2S. The van der Waals surface area contributed by atoms with Gasteiger partial charge in [0.25, 0.3) is 0 Å². The lowest BCUT2D eigenvalue weighted by molar-refractivity contribution is -0.116. The fraction of sp³-hybridized carbons (Fsp3) is 0.176. The molecule has 0 bridgehead atoms. The molecule has 0 radical (unpaired) electrons. The molecule has 112 valence electrons. The third-order valence-electron chi connectivity index (χ3n) is 3.49. The summed E-state index contributed by atoms with van der Waals surface area (Å²) in [5.41, 5.74) is 2.72. The summed E-state index contributed by atoms with van der Waals surface area (Å²) in [6.07, 6.45) is 0.915. The summed E-state index contributed by atoms with van der Waals surface area (Å²) in [7, 11) is 0. The standard InChI is InChI=1S/C17H16N2O2S/c1-2-12-6-5-7-13(10-12)18-16(20)11-19-14-8-3-4-9-15(14)22-17(19)21/h3-10H,2,11H2,1H3,(H,18,20). The van der Waals surface area contributed by atoms with E-state index in [2.05, 4.69) is 12.2 Å². The van der Waals surface area contributed by atoms with Crippen LogP contribution in [0.1, 0.15) is 12.5 Å². The molecule has 1 heterocycles. The monoisotopic (exact) mass is 312 g/mol. The molecule has 5 heteroatoms. The lowest BCUT2D eigenvalue weighted by Crippen LogP contribution is -2.24. The molecule has 0 aliphatic heterocycles. The minimum atomic E-state index is -0.195. The van der Waals surface area contributed by atoms with Crippen molar-refractivity contribution in [2.24, 2.45) is 0 Å². The first-order valence-corrected chi connectivity index (χ1v) is 7.96. The average molecular weight is 312 g/mol. The van der Waals surface area contributed by atoms with Crippen LogP contribution < -0.4 is 10.2 Å². The molecular weight excluding hydrogens is 296 g/mol. The summed E-state index contributed by atoms with van der Waals surface area (Å²) in [6.45, 7) is 2.09. The maximum absolute atomic E-state index is 12.2. The topological polar surface area (TPSA) is 51.1 Å². The lowest BCUT2D eigenvalue weighted by atomic mass is 10.1. The van der Waals surface area contributed by atoms with Gasteiger partial charge in [-0.3, -0.25) is 14.2 Å². The Labute approximate surface area is 132 Å². The van der Waals surface area contributed by atoms with Gasteiger partial charge >= 0.3 is 4.87 Å². The van der Waals surface area contributed by atoms with Crippen LogP contribution in [-0.4, -0.2) is 10.5 Å². The molecule has 0 fully saturated rings. The lowest BCUT2D eigenvalue weighted by Gasteiger charge is -2.07. The van der Waals surface area contributed by atoms with Gasteiger partial charge in [-0.25, -0.2) is 0 Å². The Kier molecular flexibility index (Phi) is 4.06. The number of nitrogens with one attached hydrogen (secondary N) is 1. The van der Waals surface area contributed by atoms with Crippen molar-refractivity contribution in [3.05, 3.63) is 63.8 Å². The van der Waals surface area contributed by atoms with Gasteiger partial charge in [-0.05, 0) is 36.2 Å². The van der Waals surface area contributed by atoms with E-state index in [1.165, 1.54) is 4.57 Å². The molecule has 0 atom stereocenters. The Morgan fingerprint density at radius 2 is 2.00 bits per heavy atom. The van der Waals surface area contributed by atoms with Gasteiger partial charge in [0.1, 0.15) is 6.54 Å². The second-order valence-corrected chi connectivity index (χ2v) is 6.02. The molecule has 0 spiro atoms. The Balaban J connectivity index is 1.81. The predicted octanol–water partition coefficient (Wildman–Crippen LogP) is 3.26. The first kappa shape index (κ1) is 14.5. The van der Waals surface area contributed by atoms with E-state index in [0.717, 1.165) is 39.2 Å². The van der Waals surface area contributed by atoms with E-state index < -0.39 is 0 Å². The molecule has 1 aromatic heterocycles. The van der Waals surface area contributed by atoms with Gasteiger partial charge in [-0.1, -0.05) is 42.5 Å². The third-order valence-corrected chi connectivity index (χ3v) is 4.45. The maximum Gasteiger partial charge on any atom is 0.308 e. The SMILES string of the molecule is CCc1cccc(NC(=O)Cn2c(=O)sc3ccccc32)c1. The van der Waals surface area contributed by atoms with Gasteiger partial charge in [0.2, 0.25) is 5.91 Å². The highest BCUT2D eigenvalue weighted by Crippen LogP contribution is 2.17. The Morgan fingerprint density at radius 3 is 2.82 bits per heavy atom. The van der Waals surface area contributed by atoms with Crippen LogP contribution in [0.5, 0.6) is 0 Å². The normalized spacial score (nSPS) is 10.8. The van der Waals surface area contributed by atoms with Gasteiger partial charge in [-0.15, -0.1) is 0 Å². The number of amides is 1. The highest BCUT2D eigenvalue weighted by molar-refractivity contribution is 7.16. The molecule has 0 aliphatic rings. The number of nitrogens with zero attached hydrogens (tertiary/aromatic N) is 1. The second-order valence-electron chi connectivity index (χ2n) is 5.02. The number of rotatable bonds is 4. The van der Waals surface area contributed by atoms with Crippen LogP contribution in [-0.2, 0) is 17.8 Å². The van der Waals surface area contributed by atoms with Crippen molar-refractivity contribution in [2.75, 3.05) is 5.32 Å². The highest BCUT2D eigenvalue weighted by Gasteiger charge is 2.11. The molecule has 0 saturated carbocycles. The van der Waals surface area contributed by atoms with Crippen LogP contribution in [0.3, 0.4) is 0 Å². The molecule has 2 aromatic carbocycles. The number of fused-ring (bicyclic) bond motifs is 1. The Hall–Kier alpha value is -2.40. The largest absolute Gasteiger partial charge is 0.325 e. The number of hydrogen-bond donors (Lipinski definition) is 1. The Morgan fingerprint density at radius 1 is 1.18 bits per heavy atom. The minimum absolute atomic E-state index is 0.0270. The number of hydrogen-bond acceptors (Lipinski definition) is 3.